The summed E-state index contributed by atoms with van der Waals surface area (Å²) in [5, 5.41) is 11.8. The molecular weight excluding hydrogens is 428 g/mol. The van der Waals surface area contributed by atoms with Crippen LogP contribution in [0.2, 0.25) is 5.02 Å². The van der Waals surface area contributed by atoms with Gasteiger partial charge in [0.1, 0.15) is 18.1 Å². The molecule has 0 unspecified atom stereocenters. The molecule has 0 radical (unpaired) electrons. The maximum Gasteiger partial charge on any atom is 0.295 e. The van der Waals surface area contributed by atoms with Crippen molar-refractivity contribution in [3.8, 4) is 5.75 Å². The topological polar surface area (TPSA) is 70.1 Å². The molecule has 2 aromatic rings. The summed E-state index contributed by atoms with van der Waals surface area (Å²) in [4.78, 5) is 29.4. The van der Waals surface area contributed by atoms with Gasteiger partial charge in [-0.25, -0.2) is 0 Å². The second-order valence-electron chi connectivity index (χ2n) is 7.92. The predicted octanol–water partition coefficient (Wildman–Crippen LogP) is 4.20. The van der Waals surface area contributed by atoms with Crippen molar-refractivity contribution in [1.29, 1.82) is 0 Å². The first-order valence-corrected chi connectivity index (χ1v) is 10.7. The van der Waals surface area contributed by atoms with Gasteiger partial charge in [0.2, 0.25) is 0 Å². The zero-order valence-electron chi connectivity index (χ0n) is 18.5. The van der Waals surface area contributed by atoms with Gasteiger partial charge in [0.25, 0.3) is 11.7 Å². The lowest BCUT2D eigenvalue weighted by Gasteiger charge is -2.26. The minimum atomic E-state index is -0.705. The molecule has 7 heteroatoms. The van der Waals surface area contributed by atoms with Crippen molar-refractivity contribution in [3.05, 3.63) is 82.4 Å². The molecule has 1 saturated heterocycles. The molecule has 1 fully saturated rings. The number of rotatable bonds is 8. The zero-order valence-corrected chi connectivity index (χ0v) is 19.2. The number of nitrogens with zero attached hydrogens (tertiary/aromatic N) is 2. The Kier molecular flexibility index (Phi) is 7.38. The minimum Gasteiger partial charge on any atom is -0.507 e. The molecule has 1 aliphatic rings. The third-order valence-electron chi connectivity index (χ3n) is 5.33. The number of carbonyl (C=O) groups excluding carboxylic acids is 2. The molecule has 1 aliphatic heterocycles. The Balaban J connectivity index is 2.11. The standard InChI is InChI=1S/C25H27ClN2O4/c1-5-14-32-19-10-11-20(16(2)15-19)23(29)21-22(17-6-8-18(26)9-7-17)28(13-12-27(3)4)25(31)24(21)30/h5-11,15,22,29H,1,12-14H2,2-4H3/t22-/m0/s1. The van der Waals surface area contributed by atoms with Crippen molar-refractivity contribution < 1.29 is 19.4 Å². The van der Waals surface area contributed by atoms with Gasteiger partial charge in [0.05, 0.1) is 11.6 Å². The molecule has 0 spiro atoms. The number of hydrogen-bond donors (Lipinski definition) is 1. The molecule has 32 heavy (non-hydrogen) atoms. The summed E-state index contributed by atoms with van der Waals surface area (Å²) in [5.74, 6) is -0.910. The van der Waals surface area contributed by atoms with E-state index in [1.807, 2.05) is 25.9 Å². The molecule has 2 aromatic carbocycles. The molecule has 168 valence electrons. The summed E-state index contributed by atoms with van der Waals surface area (Å²) in [6.07, 6.45) is 1.64. The largest absolute Gasteiger partial charge is 0.507 e. The summed E-state index contributed by atoms with van der Waals surface area (Å²) in [7, 11) is 3.79. The van der Waals surface area contributed by atoms with Crippen LogP contribution >= 0.6 is 11.6 Å². The molecule has 1 heterocycles. The normalized spacial score (nSPS) is 17.8. The number of likely N-dealkylation sites (tertiary alicyclic amines) is 1. The molecule has 6 nitrogen and oxygen atoms in total. The highest BCUT2D eigenvalue weighted by atomic mass is 35.5. The van der Waals surface area contributed by atoms with Gasteiger partial charge in [-0.15, -0.1) is 0 Å². The van der Waals surface area contributed by atoms with Crippen LogP contribution in [0.5, 0.6) is 5.75 Å². The van der Waals surface area contributed by atoms with Crippen LogP contribution in [0.1, 0.15) is 22.7 Å². The smallest absolute Gasteiger partial charge is 0.295 e. The average Bonchev–Trinajstić information content (AvgIpc) is 3.01. The number of carbonyl (C=O) groups is 2. The molecule has 3 rings (SSSR count). The van der Waals surface area contributed by atoms with E-state index in [1.54, 1.807) is 48.5 Å². The van der Waals surface area contributed by atoms with Gasteiger partial charge in [0.15, 0.2) is 0 Å². The van der Waals surface area contributed by atoms with E-state index in [0.29, 0.717) is 41.6 Å². The van der Waals surface area contributed by atoms with Crippen LogP contribution in [0.3, 0.4) is 0 Å². The monoisotopic (exact) mass is 454 g/mol. The first-order valence-electron chi connectivity index (χ1n) is 10.3. The lowest BCUT2D eigenvalue weighted by Crippen LogP contribution is -2.35. The highest BCUT2D eigenvalue weighted by molar-refractivity contribution is 6.46. The second kappa shape index (κ2) is 10.0. The fraction of sp³-hybridized carbons (Fsp3) is 0.280. The molecule has 0 bridgehead atoms. The quantitative estimate of drug-likeness (QED) is 0.280. The number of benzene rings is 2. The van der Waals surface area contributed by atoms with Crippen LogP contribution in [0.15, 0.2) is 60.7 Å². The summed E-state index contributed by atoms with van der Waals surface area (Å²) >= 11 is 6.05. The Bertz CT molecular complexity index is 1060. The maximum atomic E-state index is 13.1. The van der Waals surface area contributed by atoms with Crippen molar-refractivity contribution in [2.24, 2.45) is 0 Å². The van der Waals surface area contributed by atoms with Gasteiger partial charge >= 0.3 is 0 Å². The van der Waals surface area contributed by atoms with Crippen LogP contribution in [-0.2, 0) is 9.59 Å². The highest BCUT2D eigenvalue weighted by Gasteiger charge is 2.46. The fourth-order valence-electron chi connectivity index (χ4n) is 3.70. The third-order valence-corrected chi connectivity index (χ3v) is 5.59. The van der Waals surface area contributed by atoms with Crippen molar-refractivity contribution in [2.75, 3.05) is 33.8 Å². The number of aliphatic hydroxyl groups excluding tert-OH is 1. The van der Waals surface area contributed by atoms with E-state index >= 15 is 0 Å². The molecule has 1 N–H and O–H groups in total. The Morgan fingerprint density at radius 2 is 1.91 bits per heavy atom. The molecule has 0 saturated carbocycles. The number of ketones is 1. The summed E-state index contributed by atoms with van der Waals surface area (Å²) in [5.41, 5.74) is 1.97. The summed E-state index contributed by atoms with van der Waals surface area (Å²) < 4.78 is 5.55. The van der Waals surface area contributed by atoms with Crippen LogP contribution in [0.25, 0.3) is 5.76 Å². The molecule has 0 aromatic heterocycles. The van der Waals surface area contributed by atoms with Crippen LogP contribution in [-0.4, -0.2) is 60.4 Å². The fourth-order valence-corrected chi connectivity index (χ4v) is 3.83. The van der Waals surface area contributed by atoms with Crippen molar-refractivity contribution >= 4 is 29.1 Å². The number of Topliss-reactive ketones (excluding diaryl/α,β-unsaturated/α-hetero) is 1. The number of halogens is 1. The highest BCUT2D eigenvalue weighted by Crippen LogP contribution is 2.40. The number of aryl methyl sites for hydroxylation is 1. The molecular formula is C25H27ClN2O4. The van der Waals surface area contributed by atoms with Crippen LogP contribution < -0.4 is 4.74 Å². The lowest BCUT2D eigenvalue weighted by atomic mass is 9.94. The summed E-state index contributed by atoms with van der Waals surface area (Å²) in [6, 6.07) is 11.4. The van der Waals surface area contributed by atoms with Crippen molar-refractivity contribution in [3.63, 3.8) is 0 Å². The molecule has 1 amide bonds. The second-order valence-corrected chi connectivity index (χ2v) is 8.36. The SMILES string of the molecule is C=CCOc1ccc(C(O)=C2C(=O)C(=O)N(CCN(C)C)[C@H]2c2ccc(Cl)cc2)c(C)c1. The Labute approximate surface area is 193 Å². The van der Waals surface area contributed by atoms with Gasteiger partial charge in [-0.2, -0.15) is 0 Å². The van der Waals surface area contributed by atoms with Crippen LogP contribution in [0.4, 0.5) is 0 Å². The van der Waals surface area contributed by atoms with Gasteiger partial charge < -0.3 is 19.6 Å². The zero-order chi connectivity index (χ0) is 23.4. The van der Waals surface area contributed by atoms with Crippen molar-refractivity contribution in [1.82, 2.24) is 9.80 Å². The third kappa shape index (κ3) is 4.87. The van der Waals surface area contributed by atoms with E-state index in [4.69, 9.17) is 16.3 Å². The Morgan fingerprint density at radius 3 is 2.50 bits per heavy atom. The van der Waals surface area contributed by atoms with E-state index in [1.165, 1.54) is 4.90 Å². The number of amides is 1. The number of ether oxygens (including phenoxy) is 1. The van der Waals surface area contributed by atoms with Crippen LogP contribution in [0, 0.1) is 6.92 Å². The van der Waals surface area contributed by atoms with E-state index in [2.05, 4.69) is 6.58 Å². The number of hydrogen-bond acceptors (Lipinski definition) is 5. The first kappa shape index (κ1) is 23.6. The lowest BCUT2D eigenvalue weighted by molar-refractivity contribution is -0.140. The Morgan fingerprint density at radius 1 is 1.22 bits per heavy atom. The van der Waals surface area contributed by atoms with E-state index < -0.39 is 17.7 Å². The minimum absolute atomic E-state index is 0.0685. The summed E-state index contributed by atoms with van der Waals surface area (Å²) in [6.45, 7) is 6.72. The first-order chi connectivity index (χ1) is 15.2. The van der Waals surface area contributed by atoms with Gasteiger partial charge in [-0.3, -0.25) is 9.59 Å². The van der Waals surface area contributed by atoms with Gasteiger partial charge in [-0.1, -0.05) is 36.4 Å². The van der Waals surface area contributed by atoms with E-state index in [-0.39, 0.29) is 11.3 Å². The van der Waals surface area contributed by atoms with Crippen molar-refractivity contribution in [2.45, 2.75) is 13.0 Å². The number of aliphatic hydroxyl groups is 1. The maximum absolute atomic E-state index is 13.1. The van der Waals surface area contributed by atoms with E-state index in [9.17, 15) is 14.7 Å². The Hall–Kier alpha value is -3.09. The predicted molar refractivity (Wildman–Crippen MR) is 126 cm³/mol. The van der Waals surface area contributed by atoms with Gasteiger partial charge in [0, 0.05) is 23.7 Å². The van der Waals surface area contributed by atoms with Gasteiger partial charge in [-0.05, 0) is 62.5 Å². The number of likely N-dealkylation sites (N-methyl/N-ethyl adjacent to an activating group) is 1. The molecule has 0 aliphatic carbocycles. The molecule has 1 atom stereocenters. The average molecular weight is 455 g/mol. The van der Waals surface area contributed by atoms with E-state index in [0.717, 1.165) is 5.56 Å².